The molecule has 0 spiro atoms. The van der Waals surface area contributed by atoms with Gasteiger partial charge in [-0.3, -0.25) is 4.79 Å². The zero-order chi connectivity index (χ0) is 22.6. The lowest BCUT2D eigenvalue weighted by atomic mass is 10.1. The van der Waals surface area contributed by atoms with E-state index in [1.54, 1.807) is 24.3 Å². The van der Waals surface area contributed by atoms with Crippen LogP contribution in [0.1, 0.15) is 22.3 Å². The lowest BCUT2D eigenvalue weighted by Gasteiger charge is -2.22. The third-order valence-electron chi connectivity index (χ3n) is 4.92. The lowest BCUT2D eigenvalue weighted by molar-refractivity contribution is -0.116. The van der Waals surface area contributed by atoms with Crippen LogP contribution in [0.4, 0.5) is 5.69 Å². The Morgan fingerprint density at radius 2 is 1.52 bits per heavy atom. The summed E-state index contributed by atoms with van der Waals surface area (Å²) in [5.41, 5.74) is 4.37. The fourth-order valence-corrected chi connectivity index (χ4v) is 4.75. The summed E-state index contributed by atoms with van der Waals surface area (Å²) in [7, 11) is -3.87. The van der Waals surface area contributed by atoms with Crippen LogP contribution >= 0.6 is 15.9 Å². The van der Waals surface area contributed by atoms with Crippen LogP contribution in [0.3, 0.4) is 0 Å². The maximum Gasteiger partial charge on any atom is 0.243 e. The maximum atomic E-state index is 13.4. The highest BCUT2D eigenvalue weighted by Crippen LogP contribution is 2.21. The van der Waals surface area contributed by atoms with Crippen molar-refractivity contribution in [1.29, 1.82) is 0 Å². The molecule has 162 valence electrons. The van der Waals surface area contributed by atoms with Gasteiger partial charge in [-0.25, -0.2) is 8.42 Å². The molecule has 0 fully saturated rings. The second kappa shape index (κ2) is 9.77. The summed E-state index contributed by atoms with van der Waals surface area (Å²) in [6, 6.07) is 19.8. The molecule has 0 aliphatic carbocycles. The molecule has 0 atom stereocenters. The van der Waals surface area contributed by atoms with Crippen LogP contribution < -0.4 is 5.32 Å². The second-order valence-electron chi connectivity index (χ2n) is 7.58. The van der Waals surface area contributed by atoms with Gasteiger partial charge in [0.15, 0.2) is 0 Å². The van der Waals surface area contributed by atoms with Gasteiger partial charge in [-0.2, -0.15) is 4.31 Å². The van der Waals surface area contributed by atoms with Gasteiger partial charge < -0.3 is 5.32 Å². The molecule has 0 aliphatic rings. The molecule has 3 aromatic rings. The number of benzene rings is 3. The van der Waals surface area contributed by atoms with Crippen molar-refractivity contribution in [2.45, 2.75) is 32.2 Å². The van der Waals surface area contributed by atoms with Gasteiger partial charge in [0, 0.05) is 16.7 Å². The zero-order valence-corrected chi connectivity index (χ0v) is 20.1. The fraction of sp³-hybridized carbons (Fsp3) is 0.208. The Bertz CT molecular complexity index is 1170. The van der Waals surface area contributed by atoms with E-state index < -0.39 is 10.0 Å². The van der Waals surface area contributed by atoms with E-state index in [4.69, 9.17) is 0 Å². The molecule has 0 saturated heterocycles. The summed E-state index contributed by atoms with van der Waals surface area (Å²) < 4.78 is 28.8. The summed E-state index contributed by atoms with van der Waals surface area (Å²) >= 11 is 3.39. The molecule has 1 amide bonds. The second-order valence-corrected chi connectivity index (χ2v) is 10.4. The van der Waals surface area contributed by atoms with Crippen LogP contribution in [-0.4, -0.2) is 25.2 Å². The average molecular weight is 501 g/mol. The maximum absolute atomic E-state index is 13.4. The molecule has 0 saturated carbocycles. The van der Waals surface area contributed by atoms with E-state index in [0.29, 0.717) is 5.69 Å². The van der Waals surface area contributed by atoms with E-state index >= 15 is 0 Å². The van der Waals surface area contributed by atoms with Gasteiger partial charge in [0.05, 0.1) is 11.4 Å². The number of rotatable bonds is 7. The largest absolute Gasteiger partial charge is 0.325 e. The third-order valence-corrected chi connectivity index (χ3v) is 7.25. The number of halogens is 1. The first-order valence-corrected chi connectivity index (χ1v) is 12.1. The third kappa shape index (κ3) is 6.03. The molecular formula is C24H25BrN2O3S. The van der Waals surface area contributed by atoms with Gasteiger partial charge in [-0.1, -0.05) is 57.9 Å². The minimum absolute atomic E-state index is 0.0870. The molecule has 1 N–H and O–H groups in total. The van der Waals surface area contributed by atoms with E-state index in [1.807, 2.05) is 63.2 Å². The molecule has 0 aromatic heterocycles. The summed E-state index contributed by atoms with van der Waals surface area (Å²) in [5, 5.41) is 2.86. The van der Waals surface area contributed by atoms with Crippen molar-refractivity contribution in [2.24, 2.45) is 0 Å². The number of carbonyl (C=O) groups is 1. The van der Waals surface area contributed by atoms with Crippen molar-refractivity contribution in [3.05, 3.63) is 93.5 Å². The van der Waals surface area contributed by atoms with Gasteiger partial charge in [0.2, 0.25) is 15.9 Å². The number of sulfonamides is 1. The number of nitrogens with zero attached hydrogens (tertiary/aromatic N) is 1. The van der Waals surface area contributed by atoms with E-state index in [0.717, 1.165) is 26.7 Å². The van der Waals surface area contributed by atoms with Crippen LogP contribution in [0, 0.1) is 20.8 Å². The topological polar surface area (TPSA) is 66.5 Å². The molecular weight excluding hydrogens is 476 g/mol. The molecule has 3 aromatic carbocycles. The smallest absolute Gasteiger partial charge is 0.243 e. The summed E-state index contributed by atoms with van der Waals surface area (Å²) in [6.07, 6.45) is 0. The summed E-state index contributed by atoms with van der Waals surface area (Å²) in [5.74, 6) is -0.388. The number of nitrogens with one attached hydrogen (secondary N) is 1. The highest BCUT2D eigenvalue weighted by atomic mass is 79.9. The molecule has 0 unspecified atom stereocenters. The molecule has 0 bridgehead atoms. The number of hydrogen-bond acceptors (Lipinski definition) is 3. The minimum Gasteiger partial charge on any atom is -0.325 e. The standard InChI is InChI=1S/C24H25BrN2O3S/c1-17-5-12-22(13-6-17)31(29,30)27(15-20-8-10-21(25)11-9-20)16-24(28)26-23-14-18(2)4-7-19(23)3/h4-14H,15-16H2,1-3H3,(H,26,28). The van der Waals surface area contributed by atoms with Crippen molar-refractivity contribution in [1.82, 2.24) is 4.31 Å². The van der Waals surface area contributed by atoms with Crippen LogP contribution in [0.5, 0.6) is 0 Å². The number of carbonyl (C=O) groups excluding carboxylic acids is 1. The predicted molar refractivity (Wildman–Crippen MR) is 127 cm³/mol. The molecule has 5 nitrogen and oxygen atoms in total. The first-order chi connectivity index (χ1) is 14.6. The summed E-state index contributed by atoms with van der Waals surface area (Å²) in [4.78, 5) is 13.0. The normalized spacial score (nSPS) is 11.5. The van der Waals surface area contributed by atoms with E-state index in [2.05, 4.69) is 21.2 Å². The summed E-state index contributed by atoms with van der Waals surface area (Å²) in [6.45, 7) is 5.53. The van der Waals surface area contributed by atoms with Crippen LogP contribution in [-0.2, 0) is 21.4 Å². The van der Waals surface area contributed by atoms with Gasteiger partial charge in [-0.15, -0.1) is 0 Å². The van der Waals surface area contributed by atoms with Gasteiger partial charge >= 0.3 is 0 Å². The average Bonchev–Trinajstić information content (AvgIpc) is 2.72. The molecule has 31 heavy (non-hydrogen) atoms. The van der Waals surface area contributed by atoms with Crippen LogP contribution in [0.25, 0.3) is 0 Å². The van der Waals surface area contributed by atoms with E-state index in [-0.39, 0.29) is 23.9 Å². The lowest BCUT2D eigenvalue weighted by Crippen LogP contribution is -2.37. The SMILES string of the molecule is Cc1ccc(S(=O)(=O)N(CC(=O)Nc2cc(C)ccc2C)Cc2ccc(Br)cc2)cc1. The van der Waals surface area contributed by atoms with Gasteiger partial charge in [-0.05, 0) is 67.8 Å². The molecule has 0 radical (unpaired) electrons. The monoisotopic (exact) mass is 500 g/mol. The number of amides is 1. The van der Waals surface area contributed by atoms with Crippen LogP contribution in [0.2, 0.25) is 0 Å². The van der Waals surface area contributed by atoms with Gasteiger partial charge in [0.25, 0.3) is 0 Å². The van der Waals surface area contributed by atoms with Crippen molar-refractivity contribution in [2.75, 3.05) is 11.9 Å². The van der Waals surface area contributed by atoms with Crippen molar-refractivity contribution >= 4 is 37.5 Å². The Labute approximate surface area is 192 Å². The van der Waals surface area contributed by atoms with Crippen LogP contribution in [0.15, 0.2) is 76.1 Å². The number of hydrogen-bond donors (Lipinski definition) is 1. The Kier molecular flexibility index (Phi) is 7.30. The predicted octanol–water partition coefficient (Wildman–Crippen LogP) is 5.20. The van der Waals surface area contributed by atoms with E-state index in [1.165, 1.54) is 4.31 Å². The zero-order valence-electron chi connectivity index (χ0n) is 17.7. The quantitative estimate of drug-likeness (QED) is 0.484. The fourth-order valence-electron chi connectivity index (χ4n) is 3.10. The Morgan fingerprint density at radius 1 is 0.903 bits per heavy atom. The molecule has 0 heterocycles. The molecule has 0 aliphatic heterocycles. The Morgan fingerprint density at radius 3 is 2.16 bits per heavy atom. The first-order valence-electron chi connectivity index (χ1n) is 9.83. The van der Waals surface area contributed by atoms with Crippen molar-refractivity contribution in [3.8, 4) is 0 Å². The number of aryl methyl sites for hydroxylation is 3. The highest BCUT2D eigenvalue weighted by molar-refractivity contribution is 9.10. The molecule has 3 rings (SSSR count). The highest BCUT2D eigenvalue weighted by Gasteiger charge is 2.27. The minimum atomic E-state index is -3.87. The van der Waals surface area contributed by atoms with Crippen molar-refractivity contribution in [3.63, 3.8) is 0 Å². The first kappa shape index (κ1) is 23.2. The van der Waals surface area contributed by atoms with E-state index in [9.17, 15) is 13.2 Å². The van der Waals surface area contributed by atoms with Crippen molar-refractivity contribution < 1.29 is 13.2 Å². The number of anilines is 1. The van der Waals surface area contributed by atoms with Gasteiger partial charge in [0.1, 0.15) is 0 Å². The molecule has 7 heteroatoms. The Balaban J connectivity index is 1.89. The Hall–Kier alpha value is -2.48.